The lowest BCUT2D eigenvalue weighted by molar-refractivity contribution is -0.883. The molecule has 0 unspecified atom stereocenters. The molecule has 1 heterocycles. The zero-order valence-corrected chi connectivity index (χ0v) is 13.1. The molecule has 1 saturated heterocycles. The van der Waals surface area contributed by atoms with Crippen molar-refractivity contribution in [1.82, 2.24) is 10.2 Å². The summed E-state index contributed by atoms with van der Waals surface area (Å²) in [5, 5.41) is 3.11. The number of hydrogen-bond acceptors (Lipinski definition) is 2. The zero-order valence-electron chi connectivity index (χ0n) is 12.4. The van der Waals surface area contributed by atoms with E-state index in [-0.39, 0.29) is 11.8 Å². The summed E-state index contributed by atoms with van der Waals surface area (Å²) in [6.07, 6.45) is 0. The predicted octanol–water partition coefficient (Wildman–Crippen LogP) is -0.185. The minimum Gasteiger partial charge on any atom is -0.340 e. The molecule has 2 N–H and O–H groups in total. The molecule has 0 saturated carbocycles. The lowest BCUT2D eigenvalue weighted by Gasteiger charge is -2.32. The fourth-order valence-corrected chi connectivity index (χ4v) is 2.59. The van der Waals surface area contributed by atoms with Gasteiger partial charge in [0.15, 0.2) is 0 Å². The van der Waals surface area contributed by atoms with E-state index in [4.69, 9.17) is 11.6 Å². The van der Waals surface area contributed by atoms with Crippen molar-refractivity contribution in [3.05, 3.63) is 34.9 Å². The van der Waals surface area contributed by atoms with Crippen LogP contribution in [0.5, 0.6) is 0 Å². The molecule has 1 aliphatic rings. The maximum absolute atomic E-state index is 12.3. The molecule has 0 spiro atoms. The van der Waals surface area contributed by atoms with E-state index >= 15 is 0 Å². The summed E-state index contributed by atoms with van der Waals surface area (Å²) in [6.45, 7) is 5.06. The summed E-state index contributed by atoms with van der Waals surface area (Å²) < 4.78 is 0. The van der Waals surface area contributed by atoms with E-state index in [1.807, 2.05) is 4.90 Å². The predicted molar refractivity (Wildman–Crippen MR) is 81.6 cm³/mol. The third kappa shape index (κ3) is 3.95. The van der Waals surface area contributed by atoms with Crippen molar-refractivity contribution in [1.29, 1.82) is 0 Å². The summed E-state index contributed by atoms with van der Waals surface area (Å²) in [6, 6.07) is 6.27. The average Bonchev–Trinajstić information content (AvgIpc) is 2.47. The van der Waals surface area contributed by atoms with Crippen molar-refractivity contribution in [2.45, 2.75) is 13.0 Å². The fraction of sp³-hybridized carbons (Fsp3) is 0.467. The van der Waals surface area contributed by atoms with Crippen molar-refractivity contribution < 1.29 is 14.5 Å². The Balaban J connectivity index is 1.95. The Morgan fingerprint density at radius 3 is 2.52 bits per heavy atom. The fourth-order valence-electron chi connectivity index (χ4n) is 2.36. The second-order valence-corrected chi connectivity index (χ2v) is 5.86. The molecule has 0 aliphatic carbocycles. The normalized spacial score (nSPS) is 17.4. The van der Waals surface area contributed by atoms with Gasteiger partial charge in [-0.1, -0.05) is 23.7 Å². The molecular formula is C15H21ClN3O2+. The van der Waals surface area contributed by atoms with E-state index in [0.29, 0.717) is 10.6 Å². The standard InChI is InChI=1S/C15H20ClN3O2/c1-11(15(21)19-9-7-18(2)8-10-19)17-14(20)12-5-3-4-6-13(12)16/h3-6,11H,7-10H2,1-2H3,(H,17,20)/p+1/t11-/m0/s1. The second-order valence-electron chi connectivity index (χ2n) is 5.46. The van der Waals surface area contributed by atoms with Crippen LogP contribution in [0.4, 0.5) is 0 Å². The van der Waals surface area contributed by atoms with E-state index in [0.717, 1.165) is 26.2 Å². The molecule has 2 amide bonds. The van der Waals surface area contributed by atoms with Crippen LogP contribution in [0.2, 0.25) is 5.02 Å². The van der Waals surface area contributed by atoms with Crippen LogP contribution in [-0.4, -0.2) is 56.0 Å². The summed E-state index contributed by atoms with van der Waals surface area (Å²) in [5.74, 6) is -0.357. The highest BCUT2D eigenvalue weighted by molar-refractivity contribution is 6.33. The Bertz CT molecular complexity index is 527. The third-order valence-corrected chi connectivity index (χ3v) is 4.09. The zero-order chi connectivity index (χ0) is 15.4. The van der Waals surface area contributed by atoms with Crippen LogP contribution in [0, 0.1) is 0 Å². The topological polar surface area (TPSA) is 53.9 Å². The number of likely N-dealkylation sites (N-methyl/N-ethyl adjacent to an activating group) is 1. The highest BCUT2D eigenvalue weighted by Gasteiger charge is 2.26. The SMILES string of the molecule is C[C@H](NC(=O)c1ccccc1Cl)C(=O)N1CC[NH+](C)CC1. The molecule has 6 heteroatoms. The third-order valence-electron chi connectivity index (χ3n) is 3.77. The maximum Gasteiger partial charge on any atom is 0.253 e. The molecule has 114 valence electrons. The first kappa shape index (κ1) is 15.8. The van der Waals surface area contributed by atoms with Crippen LogP contribution in [0.25, 0.3) is 0 Å². The highest BCUT2D eigenvalue weighted by atomic mass is 35.5. The first-order chi connectivity index (χ1) is 9.99. The molecule has 0 radical (unpaired) electrons. The van der Waals surface area contributed by atoms with E-state index in [9.17, 15) is 9.59 Å². The van der Waals surface area contributed by atoms with Gasteiger partial charge in [-0.3, -0.25) is 9.59 Å². The molecule has 21 heavy (non-hydrogen) atoms. The number of piperazine rings is 1. The number of quaternary nitrogens is 1. The van der Waals surface area contributed by atoms with E-state index in [1.165, 1.54) is 4.90 Å². The van der Waals surface area contributed by atoms with Gasteiger partial charge in [0, 0.05) is 0 Å². The molecule has 1 fully saturated rings. The average molecular weight is 311 g/mol. The van der Waals surface area contributed by atoms with Crippen molar-refractivity contribution in [2.75, 3.05) is 33.2 Å². The van der Waals surface area contributed by atoms with Gasteiger partial charge in [-0.15, -0.1) is 0 Å². The van der Waals surface area contributed by atoms with Crippen LogP contribution in [0.15, 0.2) is 24.3 Å². The van der Waals surface area contributed by atoms with Crippen LogP contribution in [-0.2, 0) is 4.79 Å². The Morgan fingerprint density at radius 1 is 1.29 bits per heavy atom. The number of benzene rings is 1. The van der Waals surface area contributed by atoms with Gasteiger partial charge in [0.1, 0.15) is 6.04 Å². The van der Waals surface area contributed by atoms with Gasteiger partial charge in [0.05, 0.1) is 43.8 Å². The Kier molecular flexibility index (Phi) is 5.20. The van der Waals surface area contributed by atoms with Crippen LogP contribution in [0.1, 0.15) is 17.3 Å². The number of amides is 2. The Labute approximate surface area is 129 Å². The second kappa shape index (κ2) is 6.91. The van der Waals surface area contributed by atoms with E-state index in [1.54, 1.807) is 31.2 Å². The van der Waals surface area contributed by atoms with Gasteiger partial charge >= 0.3 is 0 Å². The lowest BCUT2D eigenvalue weighted by Crippen LogP contribution is -3.12. The molecular weight excluding hydrogens is 290 g/mol. The molecule has 1 aromatic rings. The van der Waals surface area contributed by atoms with Gasteiger partial charge in [0.25, 0.3) is 5.91 Å². The Hall–Kier alpha value is -1.59. The molecule has 1 atom stereocenters. The van der Waals surface area contributed by atoms with Gasteiger partial charge in [-0.2, -0.15) is 0 Å². The highest BCUT2D eigenvalue weighted by Crippen LogP contribution is 2.14. The molecule has 1 aliphatic heterocycles. The minimum atomic E-state index is -0.549. The molecule has 2 rings (SSSR count). The summed E-state index contributed by atoms with van der Waals surface area (Å²) in [4.78, 5) is 27.7. The number of carbonyl (C=O) groups excluding carboxylic acids is 2. The maximum atomic E-state index is 12.3. The number of hydrogen-bond donors (Lipinski definition) is 2. The van der Waals surface area contributed by atoms with Gasteiger partial charge in [0.2, 0.25) is 5.91 Å². The van der Waals surface area contributed by atoms with Crippen molar-refractivity contribution in [2.24, 2.45) is 0 Å². The summed E-state index contributed by atoms with van der Waals surface area (Å²) in [5.41, 5.74) is 0.390. The van der Waals surface area contributed by atoms with Gasteiger partial charge < -0.3 is 15.1 Å². The minimum absolute atomic E-state index is 0.0390. The monoisotopic (exact) mass is 310 g/mol. The number of halogens is 1. The van der Waals surface area contributed by atoms with Crippen LogP contribution >= 0.6 is 11.6 Å². The molecule has 0 bridgehead atoms. The first-order valence-corrected chi connectivity index (χ1v) is 7.52. The number of nitrogens with zero attached hydrogens (tertiary/aromatic N) is 1. The smallest absolute Gasteiger partial charge is 0.253 e. The van der Waals surface area contributed by atoms with Gasteiger partial charge in [-0.05, 0) is 19.1 Å². The first-order valence-electron chi connectivity index (χ1n) is 7.14. The van der Waals surface area contributed by atoms with E-state index < -0.39 is 6.04 Å². The number of carbonyl (C=O) groups is 2. The van der Waals surface area contributed by atoms with Gasteiger partial charge in [-0.25, -0.2) is 0 Å². The van der Waals surface area contributed by atoms with Crippen LogP contribution < -0.4 is 10.2 Å². The largest absolute Gasteiger partial charge is 0.340 e. The number of rotatable bonds is 3. The van der Waals surface area contributed by atoms with Crippen LogP contribution in [0.3, 0.4) is 0 Å². The molecule has 0 aromatic heterocycles. The summed E-state index contributed by atoms with van der Waals surface area (Å²) in [7, 11) is 2.12. The van der Waals surface area contributed by atoms with Crippen molar-refractivity contribution >= 4 is 23.4 Å². The Morgan fingerprint density at radius 2 is 1.90 bits per heavy atom. The number of nitrogens with one attached hydrogen (secondary N) is 2. The molecule has 1 aromatic carbocycles. The van der Waals surface area contributed by atoms with E-state index in [2.05, 4.69) is 12.4 Å². The van der Waals surface area contributed by atoms with Crippen molar-refractivity contribution in [3.8, 4) is 0 Å². The van der Waals surface area contributed by atoms with Crippen molar-refractivity contribution in [3.63, 3.8) is 0 Å². The lowest BCUT2D eigenvalue weighted by atomic mass is 10.2. The quantitative estimate of drug-likeness (QED) is 0.813. The molecule has 5 nitrogen and oxygen atoms in total. The summed E-state index contributed by atoms with van der Waals surface area (Å²) >= 11 is 5.99.